The van der Waals surface area contributed by atoms with Gasteiger partial charge in [-0.25, -0.2) is 0 Å². The van der Waals surface area contributed by atoms with Crippen molar-refractivity contribution in [3.8, 4) is 11.8 Å². The summed E-state index contributed by atoms with van der Waals surface area (Å²) < 4.78 is 11.2. The highest BCUT2D eigenvalue weighted by Crippen LogP contribution is 1.84. The van der Waals surface area contributed by atoms with Crippen LogP contribution in [0.3, 0.4) is 0 Å². The summed E-state index contributed by atoms with van der Waals surface area (Å²) in [5.74, 6) is 4.98. The minimum Gasteiger partial charge on any atom is -0.481 e. The van der Waals surface area contributed by atoms with E-state index in [0.29, 0.717) is 19.6 Å². The van der Waals surface area contributed by atoms with Crippen LogP contribution in [0.2, 0.25) is 0 Å². The number of hydrogen-bond acceptors (Lipinski definition) is 3. The van der Waals surface area contributed by atoms with Crippen LogP contribution in [0.4, 0.5) is 0 Å². The highest BCUT2D eigenvalue weighted by Gasteiger charge is 1.94. The van der Waals surface area contributed by atoms with Gasteiger partial charge in [0.25, 0.3) is 1.43 Å². The van der Waals surface area contributed by atoms with Crippen LogP contribution in [0.1, 0.15) is 19.8 Å². The molecular formula is C8H12O3. The maximum absolute atomic E-state index is 10.4. The Morgan fingerprint density at radius 2 is 2.55 bits per heavy atom. The van der Waals surface area contributed by atoms with E-state index < -0.39 is 5.97 Å². The van der Waals surface area contributed by atoms with E-state index in [1.165, 1.54) is 0 Å². The van der Waals surface area contributed by atoms with Gasteiger partial charge in [0.2, 0.25) is 0 Å². The van der Waals surface area contributed by atoms with Gasteiger partial charge < -0.3 is 9.85 Å². The molecule has 0 aliphatic carbocycles. The Bertz CT molecular complexity index is 180. The lowest BCUT2D eigenvalue weighted by Crippen LogP contribution is -2.03. The molecule has 0 rings (SSSR count). The average molecular weight is 157 g/mol. The second-order valence-corrected chi connectivity index (χ2v) is 1.91. The molecule has 0 bridgehead atoms. The quantitative estimate of drug-likeness (QED) is 0.476. The monoisotopic (exact) mass is 157 g/mol. The molecular weight excluding hydrogens is 144 g/mol. The molecule has 0 aromatic heterocycles. The van der Waals surface area contributed by atoms with Crippen molar-refractivity contribution in [1.82, 2.24) is 0 Å². The van der Waals surface area contributed by atoms with E-state index in [4.69, 9.17) is 6.17 Å². The zero-order valence-electron chi connectivity index (χ0n) is 7.55. The molecule has 0 radical (unpaired) electrons. The van der Waals surface area contributed by atoms with Gasteiger partial charge in [0.05, 0.1) is 19.6 Å². The molecule has 0 aliphatic rings. The molecule has 0 heterocycles. The van der Waals surface area contributed by atoms with E-state index in [1.807, 2.05) is 0 Å². The third kappa shape index (κ3) is 8.99. The zero-order valence-corrected chi connectivity index (χ0v) is 6.55. The third-order valence-corrected chi connectivity index (χ3v) is 0.999. The van der Waals surface area contributed by atoms with Gasteiger partial charge in [-0.3, -0.25) is 4.79 Å². The Balaban J connectivity index is 3.09. The fourth-order valence-electron chi connectivity index (χ4n) is 0.506. The normalized spacial score (nSPS) is 9.36. The summed E-state index contributed by atoms with van der Waals surface area (Å²) in [6, 6.07) is 0. The van der Waals surface area contributed by atoms with Crippen LogP contribution in [0, 0.1) is 11.8 Å². The summed E-state index contributed by atoms with van der Waals surface area (Å²) >= 11 is 0. The molecule has 11 heavy (non-hydrogen) atoms. The van der Waals surface area contributed by atoms with E-state index >= 15 is 0 Å². The molecule has 0 aromatic rings. The predicted octanol–water partition coefficient (Wildman–Crippen LogP) is 0.891. The summed E-state index contributed by atoms with van der Waals surface area (Å²) in [7, 11) is 0. The summed E-state index contributed by atoms with van der Waals surface area (Å²) in [4.78, 5) is 10.4. The van der Waals surface area contributed by atoms with Crippen molar-refractivity contribution >= 4 is 5.97 Å². The van der Waals surface area contributed by atoms with Gasteiger partial charge in [0.1, 0.15) is 0 Å². The van der Waals surface area contributed by atoms with Crippen molar-refractivity contribution < 1.29 is 14.6 Å². The van der Waals surface area contributed by atoms with Gasteiger partial charge in [-0.05, 0) is 6.92 Å². The van der Waals surface area contributed by atoms with Crippen LogP contribution >= 0.6 is 0 Å². The second-order valence-electron chi connectivity index (χ2n) is 1.91. The lowest BCUT2D eigenvalue weighted by Gasteiger charge is -1.96. The Hall–Kier alpha value is -1.01. The first-order valence-electron chi connectivity index (χ1n) is 3.85. The molecule has 0 atom stereocenters. The molecule has 0 fully saturated rings. The van der Waals surface area contributed by atoms with Crippen molar-refractivity contribution in [3.05, 3.63) is 0 Å². The van der Waals surface area contributed by atoms with Gasteiger partial charge in [0, 0.05) is 6.42 Å². The summed E-state index contributed by atoms with van der Waals surface area (Å²) in [5, 5.41) is 3.68. The predicted molar refractivity (Wildman–Crippen MR) is 41.1 cm³/mol. The maximum Gasteiger partial charge on any atom is 0.305 e. The van der Waals surface area contributed by atoms with Crippen LogP contribution < -0.4 is 0 Å². The van der Waals surface area contributed by atoms with Crippen molar-refractivity contribution in [2.24, 2.45) is 0 Å². The molecule has 0 amide bonds. The molecule has 1 N–H and O–H groups in total. The Labute approximate surface area is 67.9 Å². The molecule has 0 spiro atoms. The highest BCUT2D eigenvalue weighted by atomic mass is 16.5. The fraction of sp³-hybridized carbons (Fsp3) is 0.625. The van der Waals surface area contributed by atoms with Crippen molar-refractivity contribution in [2.45, 2.75) is 19.8 Å². The Morgan fingerprint density at radius 3 is 3.18 bits per heavy atom. The first-order chi connectivity index (χ1) is 5.81. The maximum atomic E-state index is 10.4. The summed E-state index contributed by atoms with van der Waals surface area (Å²) in [6.45, 7) is 2.58. The topological polar surface area (TPSA) is 46.5 Å². The number of rotatable bonds is 5. The van der Waals surface area contributed by atoms with Crippen LogP contribution in [0.5, 0.6) is 0 Å². The van der Waals surface area contributed by atoms with E-state index in [0.717, 1.165) is 0 Å². The van der Waals surface area contributed by atoms with Crippen LogP contribution in [-0.2, 0) is 9.53 Å². The smallest absolute Gasteiger partial charge is 0.305 e. The van der Waals surface area contributed by atoms with Gasteiger partial charge in [0.15, 0.2) is 0 Å². The number of ether oxygens (including phenoxy) is 1. The molecule has 3 nitrogen and oxygen atoms in total. The number of hydrogen-bond donors (Lipinski definition) is 1. The van der Waals surface area contributed by atoms with Gasteiger partial charge in [-0.2, -0.15) is 0 Å². The molecule has 3 heteroatoms. The number of aliphatic carboxylic acids is 1. The molecule has 62 valence electrons. The number of carbonyl (C=O) groups is 1. The molecule has 0 saturated carbocycles. The molecule has 0 aliphatic heterocycles. The molecule has 0 saturated heterocycles. The lowest BCUT2D eigenvalue weighted by atomic mass is 10.4. The van der Waals surface area contributed by atoms with E-state index in [1.54, 1.807) is 6.92 Å². The minimum absolute atomic E-state index is 0.128. The Morgan fingerprint density at radius 1 is 1.73 bits per heavy atom. The minimum atomic E-state index is -0.573. The SMILES string of the molecule is [2H]OC(=O)CCOCCC#CC. The standard InChI is InChI=1S/C8H12O3/c1-2-3-4-6-11-7-5-8(9)10/h4-7H2,1H3,(H,9,10)/i/hD. The van der Waals surface area contributed by atoms with E-state index in [2.05, 4.69) is 16.9 Å². The van der Waals surface area contributed by atoms with Crippen LogP contribution in [0.25, 0.3) is 1.43 Å². The average Bonchev–Trinajstić information content (AvgIpc) is 2.10. The first kappa shape index (κ1) is 8.09. The third-order valence-electron chi connectivity index (χ3n) is 0.999. The van der Waals surface area contributed by atoms with Crippen LogP contribution in [0.15, 0.2) is 0 Å². The Kier molecular flexibility index (Phi) is 5.22. The molecule has 0 aromatic carbocycles. The van der Waals surface area contributed by atoms with Gasteiger partial charge in [-0.15, -0.1) is 11.8 Å². The van der Waals surface area contributed by atoms with E-state index in [-0.39, 0.29) is 6.42 Å². The summed E-state index contributed by atoms with van der Waals surface area (Å²) in [6.07, 6.45) is 0.801. The van der Waals surface area contributed by atoms with Gasteiger partial charge >= 0.3 is 5.97 Å². The first-order valence-corrected chi connectivity index (χ1v) is 3.44. The van der Waals surface area contributed by atoms with Gasteiger partial charge in [-0.1, -0.05) is 0 Å². The second kappa shape index (κ2) is 7.10. The van der Waals surface area contributed by atoms with E-state index in [9.17, 15) is 4.79 Å². The zero-order chi connectivity index (χ0) is 9.23. The molecule has 0 unspecified atom stereocenters. The fourth-order valence-corrected chi connectivity index (χ4v) is 0.506. The lowest BCUT2D eigenvalue weighted by molar-refractivity contribution is -0.138. The summed E-state index contributed by atoms with van der Waals surface area (Å²) in [5.41, 5.74) is 0. The largest absolute Gasteiger partial charge is 0.481 e. The van der Waals surface area contributed by atoms with Crippen molar-refractivity contribution in [2.75, 3.05) is 13.2 Å². The van der Waals surface area contributed by atoms with Crippen molar-refractivity contribution in [3.63, 3.8) is 0 Å². The van der Waals surface area contributed by atoms with Crippen molar-refractivity contribution in [1.29, 1.82) is 1.43 Å². The number of carboxylic acids is 1. The number of carboxylic acid groups (broad SMARTS) is 1. The highest BCUT2D eigenvalue weighted by molar-refractivity contribution is 5.66. The van der Waals surface area contributed by atoms with Crippen LogP contribution in [-0.4, -0.2) is 24.3 Å².